The van der Waals surface area contributed by atoms with Crippen LogP contribution in [0, 0.1) is 5.82 Å². The number of pyridine rings is 1. The molecule has 0 radical (unpaired) electrons. The van der Waals surface area contributed by atoms with Crippen LogP contribution in [-0.2, 0) is 10.3 Å². The lowest BCUT2D eigenvalue weighted by molar-refractivity contribution is -0.107. The summed E-state index contributed by atoms with van der Waals surface area (Å²) in [4.78, 5) is 16.5. The van der Waals surface area contributed by atoms with E-state index in [1.807, 2.05) is 30.3 Å². The maximum Gasteiger partial charge on any atom is 0.215 e. The van der Waals surface area contributed by atoms with Crippen molar-refractivity contribution in [1.82, 2.24) is 15.2 Å². The van der Waals surface area contributed by atoms with Gasteiger partial charge < -0.3 is 10.2 Å². The largest absolute Gasteiger partial charge is 0.359 e. The second-order valence-corrected chi connectivity index (χ2v) is 6.99. The molecule has 1 aliphatic carbocycles. The molecule has 0 unspecified atom stereocenters. The molecule has 2 heterocycles. The Kier molecular flexibility index (Phi) is 4.73. The highest BCUT2D eigenvalue weighted by Gasteiger charge is 2.39. The lowest BCUT2D eigenvalue weighted by atomic mass is 9.72. The highest BCUT2D eigenvalue weighted by atomic mass is 19.1. The Morgan fingerprint density at radius 3 is 2.50 bits per heavy atom. The number of benzene rings is 1. The number of hydrogen-bond donors (Lipinski definition) is 1. The molecular formula is C21H20FN5O. The predicted octanol–water partition coefficient (Wildman–Crippen LogP) is 3.76. The van der Waals surface area contributed by atoms with E-state index < -0.39 is 0 Å². The minimum Gasteiger partial charge on any atom is -0.359 e. The van der Waals surface area contributed by atoms with Crippen molar-refractivity contribution in [1.29, 1.82) is 0 Å². The third-order valence-corrected chi connectivity index (χ3v) is 5.20. The van der Waals surface area contributed by atoms with Gasteiger partial charge in [-0.15, -0.1) is 10.2 Å². The molecule has 0 aliphatic heterocycles. The van der Waals surface area contributed by atoms with E-state index in [2.05, 4.69) is 20.5 Å². The van der Waals surface area contributed by atoms with Crippen LogP contribution in [0.5, 0.6) is 0 Å². The van der Waals surface area contributed by atoms with Crippen molar-refractivity contribution >= 4 is 18.0 Å². The first-order chi connectivity index (χ1) is 13.6. The fourth-order valence-electron chi connectivity index (χ4n) is 3.41. The molecule has 142 valence electrons. The first-order valence-electron chi connectivity index (χ1n) is 9.12. The summed E-state index contributed by atoms with van der Waals surface area (Å²) in [6.07, 6.45) is 5.39. The van der Waals surface area contributed by atoms with Gasteiger partial charge in [-0.05, 0) is 61.2 Å². The lowest BCUT2D eigenvalue weighted by Crippen LogP contribution is -2.42. The number of rotatable bonds is 6. The fourth-order valence-corrected chi connectivity index (χ4v) is 3.41. The molecule has 1 aromatic carbocycles. The van der Waals surface area contributed by atoms with Gasteiger partial charge in [0.1, 0.15) is 17.5 Å². The molecule has 0 atom stereocenters. The Balaban J connectivity index is 1.55. The number of aromatic nitrogens is 3. The zero-order valence-corrected chi connectivity index (χ0v) is 15.5. The molecule has 0 spiro atoms. The van der Waals surface area contributed by atoms with E-state index in [0.717, 1.165) is 30.4 Å². The normalized spacial score (nSPS) is 14.8. The number of nitrogens with one attached hydrogen (secondary N) is 1. The molecule has 3 aromatic rings. The molecule has 0 bridgehead atoms. The van der Waals surface area contributed by atoms with Crippen LogP contribution in [0.2, 0.25) is 0 Å². The van der Waals surface area contributed by atoms with Crippen LogP contribution in [0.3, 0.4) is 0 Å². The van der Waals surface area contributed by atoms with E-state index in [9.17, 15) is 9.18 Å². The first-order valence-corrected chi connectivity index (χ1v) is 9.12. The van der Waals surface area contributed by atoms with Gasteiger partial charge in [-0.25, -0.2) is 9.37 Å². The van der Waals surface area contributed by atoms with Crippen molar-refractivity contribution in [3.63, 3.8) is 0 Å². The van der Waals surface area contributed by atoms with Gasteiger partial charge in [0.15, 0.2) is 0 Å². The molecule has 7 heteroatoms. The van der Waals surface area contributed by atoms with Crippen molar-refractivity contribution in [2.75, 3.05) is 17.3 Å². The second-order valence-electron chi connectivity index (χ2n) is 6.99. The van der Waals surface area contributed by atoms with Crippen LogP contribution in [0.15, 0.2) is 54.7 Å². The maximum atomic E-state index is 13.3. The van der Waals surface area contributed by atoms with Gasteiger partial charge in [0, 0.05) is 18.8 Å². The lowest BCUT2D eigenvalue weighted by Gasteiger charge is -2.43. The molecule has 28 heavy (non-hydrogen) atoms. The number of carbonyl (C=O) groups is 1. The molecule has 1 fully saturated rings. The molecule has 1 aliphatic rings. The summed E-state index contributed by atoms with van der Waals surface area (Å²) < 4.78 is 13.3. The van der Waals surface area contributed by atoms with Crippen LogP contribution in [0.1, 0.15) is 24.8 Å². The number of nitrogens with zero attached hydrogens (tertiary/aromatic N) is 4. The minimum absolute atomic E-state index is 0.222. The van der Waals surface area contributed by atoms with Gasteiger partial charge in [0.25, 0.3) is 0 Å². The van der Waals surface area contributed by atoms with E-state index in [1.54, 1.807) is 19.3 Å². The van der Waals surface area contributed by atoms with E-state index in [0.29, 0.717) is 23.7 Å². The van der Waals surface area contributed by atoms with Crippen LogP contribution in [0.4, 0.5) is 16.0 Å². The molecule has 2 aromatic heterocycles. The summed E-state index contributed by atoms with van der Waals surface area (Å²) in [6, 6.07) is 14.0. The van der Waals surface area contributed by atoms with Gasteiger partial charge in [-0.1, -0.05) is 12.1 Å². The summed E-state index contributed by atoms with van der Waals surface area (Å²) in [5, 5.41) is 12.1. The molecule has 0 saturated heterocycles. The van der Waals surface area contributed by atoms with Crippen LogP contribution < -0.4 is 10.2 Å². The quantitative estimate of drug-likeness (QED) is 0.662. The van der Waals surface area contributed by atoms with Crippen molar-refractivity contribution in [3.05, 3.63) is 66.1 Å². The van der Waals surface area contributed by atoms with E-state index in [4.69, 9.17) is 0 Å². The van der Waals surface area contributed by atoms with Crippen LogP contribution in [0.25, 0.3) is 11.3 Å². The van der Waals surface area contributed by atoms with Crippen molar-refractivity contribution in [3.8, 4) is 11.3 Å². The third kappa shape index (κ3) is 3.43. The molecular weight excluding hydrogens is 357 g/mol. The number of anilines is 2. The number of amides is 1. The zero-order valence-electron chi connectivity index (χ0n) is 15.5. The summed E-state index contributed by atoms with van der Waals surface area (Å²) >= 11 is 0. The smallest absolute Gasteiger partial charge is 0.215 e. The minimum atomic E-state index is -0.237. The number of halogens is 1. The Hall–Kier alpha value is -3.35. The average molecular weight is 377 g/mol. The second kappa shape index (κ2) is 7.34. The van der Waals surface area contributed by atoms with Crippen molar-refractivity contribution in [2.45, 2.75) is 24.8 Å². The van der Waals surface area contributed by atoms with Gasteiger partial charge >= 0.3 is 0 Å². The maximum absolute atomic E-state index is 13.3. The molecule has 1 saturated carbocycles. The van der Waals surface area contributed by atoms with E-state index in [1.165, 1.54) is 17.0 Å². The third-order valence-electron chi connectivity index (χ3n) is 5.20. The summed E-state index contributed by atoms with van der Waals surface area (Å²) in [5.41, 5.74) is 2.36. The SMILES string of the molecule is CN(C=O)c1cc(-c2ccc(NC3(c4ccc(F)cc4)CCC3)nn2)ccn1. The highest BCUT2D eigenvalue weighted by molar-refractivity contribution is 5.74. The Bertz CT molecular complexity index is 971. The molecule has 6 nitrogen and oxygen atoms in total. The first kappa shape index (κ1) is 18.0. The average Bonchev–Trinajstić information content (AvgIpc) is 2.71. The monoisotopic (exact) mass is 377 g/mol. The van der Waals surface area contributed by atoms with Gasteiger partial charge in [-0.3, -0.25) is 4.79 Å². The predicted molar refractivity (Wildman–Crippen MR) is 105 cm³/mol. The Labute approximate surface area is 162 Å². The Morgan fingerprint density at radius 1 is 1.11 bits per heavy atom. The molecule has 1 amide bonds. The fraction of sp³-hybridized carbons (Fsp3) is 0.238. The highest BCUT2D eigenvalue weighted by Crippen LogP contribution is 2.43. The summed E-state index contributed by atoms with van der Waals surface area (Å²) in [6.45, 7) is 0. The number of hydrogen-bond acceptors (Lipinski definition) is 5. The van der Waals surface area contributed by atoms with E-state index >= 15 is 0 Å². The molecule has 1 N–H and O–H groups in total. The standard InChI is InChI=1S/C21H20FN5O/c1-27(14-28)20-13-15(9-12-23-20)18-7-8-19(26-25-18)24-21(10-2-11-21)16-3-5-17(22)6-4-16/h3-9,12-14H,2,10-11H2,1H3,(H,24,26). The number of carbonyl (C=O) groups excluding carboxylic acids is 1. The Morgan fingerprint density at radius 2 is 1.89 bits per heavy atom. The zero-order chi connectivity index (χ0) is 19.6. The molecule has 4 rings (SSSR count). The van der Waals surface area contributed by atoms with Gasteiger partial charge in [-0.2, -0.15) is 0 Å². The van der Waals surface area contributed by atoms with Crippen LogP contribution >= 0.6 is 0 Å². The van der Waals surface area contributed by atoms with Crippen molar-refractivity contribution < 1.29 is 9.18 Å². The summed E-state index contributed by atoms with van der Waals surface area (Å²) in [7, 11) is 1.64. The van der Waals surface area contributed by atoms with E-state index in [-0.39, 0.29) is 11.4 Å². The van der Waals surface area contributed by atoms with Gasteiger partial charge in [0.05, 0.1) is 11.2 Å². The van der Waals surface area contributed by atoms with Crippen molar-refractivity contribution in [2.24, 2.45) is 0 Å². The van der Waals surface area contributed by atoms with Gasteiger partial charge in [0.2, 0.25) is 6.41 Å². The van der Waals surface area contributed by atoms with Crippen LogP contribution in [-0.4, -0.2) is 28.6 Å². The topological polar surface area (TPSA) is 71.0 Å². The summed E-state index contributed by atoms with van der Waals surface area (Å²) in [5.74, 6) is 0.979.